The Kier molecular flexibility index (Phi) is 2.71. The molecule has 1 unspecified atom stereocenters. The maximum absolute atomic E-state index is 12.7. The highest BCUT2D eigenvalue weighted by atomic mass is 32.2. The minimum Gasteiger partial charge on any atom is -0.269 e. The second-order valence-electron chi connectivity index (χ2n) is 3.76. The summed E-state index contributed by atoms with van der Waals surface area (Å²) in [7, 11) is -1.60. The van der Waals surface area contributed by atoms with Gasteiger partial charge in [0.1, 0.15) is 0 Å². The van der Waals surface area contributed by atoms with E-state index in [1.807, 2.05) is 0 Å². The predicted molar refractivity (Wildman–Crippen MR) is 66.0 cm³/mol. The van der Waals surface area contributed by atoms with E-state index in [1.54, 1.807) is 12.3 Å². The third-order valence-electron chi connectivity index (χ3n) is 2.51. The van der Waals surface area contributed by atoms with Crippen molar-refractivity contribution in [3.05, 3.63) is 42.7 Å². The average Bonchev–Trinajstić information content (AvgIpc) is 2.97. The van der Waals surface area contributed by atoms with Crippen molar-refractivity contribution in [1.29, 1.82) is 0 Å². The number of aromatic nitrogens is 3. The normalized spacial score (nSPS) is 18.3. The van der Waals surface area contributed by atoms with Crippen molar-refractivity contribution in [2.75, 3.05) is 0 Å². The van der Waals surface area contributed by atoms with Crippen molar-refractivity contribution in [2.45, 2.75) is 0 Å². The average molecular weight is 278 g/mol. The summed E-state index contributed by atoms with van der Waals surface area (Å²) in [5.74, 6) is -0.987. The molecule has 96 valence electrons. The number of pyridine rings is 1. The maximum atomic E-state index is 12.7. The molecule has 0 aromatic carbocycles. The Morgan fingerprint density at radius 2 is 2.11 bits per heavy atom. The van der Waals surface area contributed by atoms with E-state index in [2.05, 4.69) is 14.8 Å². The molecule has 6 nitrogen and oxygen atoms in total. The quantitative estimate of drug-likeness (QED) is 0.819. The third-order valence-corrected chi connectivity index (χ3v) is 3.58. The minimum absolute atomic E-state index is 0.256. The van der Waals surface area contributed by atoms with E-state index in [1.165, 1.54) is 29.2 Å². The van der Waals surface area contributed by atoms with Crippen LogP contribution in [0.3, 0.4) is 0 Å². The Balaban J connectivity index is 1.96. The molecule has 0 aliphatic carbocycles. The molecule has 1 amide bonds. The van der Waals surface area contributed by atoms with Crippen molar-refractivity contribution in [3.8, 4) is 11.1 Å². The molecule has 0 saturated heterocycles. The van der Waals surface area contributed by atoms with E-state index in [4.69, 9.17) is 0 Å². The summed E-state index contributed by atoms with van der Waals surface area (Å²) in [6.45, 7) is 0. The van der Waals surface area contributed by atoms with E-state index < -0.39 is 22.8 Å². The molecule has 1 aliphatic heterocycles. The molecule has 8 heteroatoms. The Bertz CT molecular complexity index is 708. The van der Waals surface area contributed by atoms with Gasteiger partial charge in [-0.15, -0.1) is 0 Å². The van der Waals surface area contributed by atoms with Crippen LogP contribution in [0.4, 0.5) is 4.39 Å². The van der Waals surface area contributed by atoms with E-state index in [0.29, 0.717) is 11.1 Å². The van der Waals surface area contributed by atoms with Crippen LogP contribution in [0.5, 0.6) is 0 Å². The van der Waals surface area contributed by atoms with Gasteiger partial charge in [0.2, 0.25) is 5.95 Å². The number of halogens is 1. The maximum Gasteiger partial charge on any atom is 0.258 e. The molecule has 0 spiro atoms. The van der Waals surface area contributed by atoms with Crippen LogP contribution in [0.2, 0.25) is 0 Å². The lowest BCUT2D eigenvalue weighted by molar-refractivity contribution is -0.114. The number of hydrogen-bond donors (Lipinski definition) is 1. The Morgan fingerprint density at radius 3 is 2.74 bits per heavy atom. The van der Waals surface area contributed by atoms with Gasteiger partial charge >= 0.3 is 0 Å². The Labute approximate surface area is 109 Å². The van der Waals surface area contributed by atoms with Crippen molar-refractivity contribution in [3.63, 3.8) is 0 Å². The number of rotatable bonds is 2. The first-order valence-corrected chi connectivity index (χ1v) is 6.39. The number of carbonyl (C=O) groups is 1. The van der Waals surface area contributed by atoms with Gasteiger partial charge in [0, 0.05) is 29.6 Å². The van der Waals surface area contributed by atoms with Crippen LogP contribution in [-0.4, -0.2) is 24.9 Å². The third kappa shape index (κ3) is 2.17. The summed E-state index contributed by atoms with van der Waals surface area (Å²) < 4.78 is 27.9. The fourth-order valence-corrected chi connectivity index (χ4v) is 2.46. The van der Waals surface area contributed by atoms with Gasteiger partial charge < -0.3 is 0 Å². The number of hydrogen-bond acceptors (Lipinski definition) is 4. The van der Waals surface area contributed by atoms with Gasteiger partial charge in [-0.3, -0.25) is 9.52 Å². The Hall–Kier alpha value is -2.35. The highest BCUT2D eigenvalue weighted by molar-refractivity contribution is 7.93. The van der Waals surface area contributed by atoms with Crippen LogP contribution < -0.4 is 4.72 Å². The number of amides is 1. The van der Waals surface area contributed by atoms with Gasteiger partial charge in [-0.25, -0.2) is 13.9 Å². The van der Waals surface area contributed by atoms with Crippen molar-refractivity contribution in [2.24, 2.45) is 0 Å². The van der Waals surface area contributed by atoms with Crippen molar-refractivity contribution >= 4 is 21.9 Å². The zero-order chi connectivity index (χ0) is 13.4. The van der Waals surface area contributed by atoms with Gasteiger partial charge in [0.05, 0.1) is 6.20 Å². The molecule has 3 rings (SSSR count). The van der Waals surface area contributed by atoms with E-state index >= 15 is 0 Å². The van der Waals surface area contributed by atoms with Crippen LogP contribution in [-0.2, 0) is 15.8 Å². The molecule has 3 heterocycles. The fraction of sp³-hybridized carbons (Fsp3) is 0. The van der Waals surface area contributed by atoms with Gasteiger partial charge in [0.15, 0.2) is 16.0 Å². The van der Waals surface area contributed by atoms with Crippen molar-refractivity contribution < 1.29 is 13.4 Å². The van der Waals surface area contributed by atoms with Gasteiger partial charge in [-0.2, -0.15) is 9.49 Å². The second-order valence-corrected chi connectivity index (χ2v) is 4.92. The first-order chi connectivity index (χ1) is 9.13. The second kappa shape index (κ2) is 4.39. The molecule has 1 N–H and O–H groups in total. The Morgan fingerprint density at radius 1 is 1.26 bits per heavy atom. The molecule has 0 fully saturated rings. The first-order valence-electron chi connectivity index (χ1n) is 5.24. The summed E-state index contributed by atoms with van der Waals surface area (Å²) in [6.07, 6.45) is 5.71. The molecule has 1 atom stereocenters. The largest absolute Gasteiger partial charge is 0.269 e. The summed E-state index contributed by atoms with van der Waals surface area (Å²) in [4.78, 5) is 14.6. The van der Waals surface area contributed by atoms with E-state index in [0.717, 1.165) is 0 Å². The summed E-state index contributed by atoms with van der Waals surface area (Å²) in [5.41, 5.74) is 1.36. The molecule has 0 bridgehead atoms. The smallest absolute Gasteiger partial charge is 0.258 e. The van der Waals surface area contributed by atoms with Crippen LogP contribution in [0.25, 0.3) is 16.2 Å². The highest BCUT2D eigenvalue weighted by Crippen LogP contribution is 2.20. The minimum atomic E-state index is -1.60. The number of nitrogens with one attached hydrogen (secondary N) is 1. The molecular formula is C11H7FN4O2S. The van der Waals surface area contributed by atoms with E-state index in [-0.39, 0.29) is 5.03 Å². The van der Waals surface area contributed by atoms with Crippen LogP contribution in [0.15, 0.2) is 36.8 Å². The van der Waals surface area contributed by atoms with E-state index in [9.17, 15) is 13.4 Å². The van der Waals surface area contributed by atoms with Gasteiger partial charge in [-0.05, 0) is 12.1 Å². The van der Waals surface area contributed by atoms with Crippen molar-refractivity contribution in [1.82, 2.24) is 19.5 Å². The SMILES string of the molecule is O=C1C=C(n2cc(-c3ccc(F)nc3)cn2)S(=O)N1. The van der Waals surface area contributed by atoms with Crippen LogP contribution >= 0.6 is 0 Å². The molecule has 0 saturated carbocycles. The number of carbonyl (C=O) groups excluding carboxylic acids is 1. The van der Waals surface area contributed by atoms with Crippen LogP contribution in [0, 0.1) is 5.95 Å². The molecule has 1 aliphatic rings. The number of nitrogens with zero attached hydrogens (tertiary/aromatic N) is 3. The summed E-state index contributed by atoms with van der Waals surface area (Å²) >= 11 is 0. The predicted octanol–water partition coefficient (Wildman–Crippen LogP) is 0.676. The van der Waals surface area contributed by atoms with Gasteiger partial charge in [-0.1, -0.05) is 0 Å². The monoisotopic (exact) mass is 278 g/mol. The van der Waals surface area contributed by atoms with Crippen LogP contribution in [0.1, 0.15) is 0 Å². The molecular weight excluding hydrogens is 271 g/mol. The molecule has 19 heavy (non-hydrogen) atoms. The lowest BCUT2D eigenvalue weighted by Crippen LogP contribution is -2.17. The molecule has 2 aromatic heterocycles. The lowest BCUT2D eigenvalue weighted by Gasteiger charge is -1.99. The fourth-order valence-electron chi connectivity index (χ4n) is 1.63. The topological polar surface area (TPSA) is 76.9 Å². The molecule has 0 radical (unpaired) electrons. The zero-order valence-electron chi connectivity index (χ0n) is 9.41. The molecule has 2 aromatic rings. The highest BCUT2D eigenvalue weighted by Gasteiger charge is 2.21. The zero-order valence-corrected chi connectivity index (χ0v) is 10.2. The summed E-state index contributed by atoms with van der Waals surface area (Å²) in [5, 5.41) is 4.28. The standard InChI is InChI=1S/C11H7FN4O2S/c12-9-2-1-7(4-13-9)8-5-14-16(6-8)11-3-10(17)15-19(11)18/h1-6H,(H,15,17). The lowest BCUT2D eigenvalue weighted by atomic mass is 10.2. The first kappa shape index (κ1) is 11.7. The van der Waals surface area contributed by atoms with Gasteiger partial charge in [0.25, 0.3) is 5.91 Å². The summed E-state index contributed by atoms with van der Waals surface area (Å²) in [6, 6.07) is 2.80.